The highest BCUT2D eigenvalue weighted by molar-refractivity contribution is 6.30. The molecule has 1 heterocycles. The van der Waals surface area contributed by atoms with Crippen LogP contribution in [0.4, 0.5) is 5.82 Å². The zero-order valence-electron chi connectivity index (χ0n) is 15.5. The molecular weight excluding hydrogens is 376 g/mol. The third-order valence-electron chi connectivity index (χ3n) is 4.32. The van der Waals surface area contributed by atoms with Gasteiger partial charge in [0, 0.05) is 29.9 Å². The van der Waals surface area contributed by atoms with Crippen molar-refractivity contribution in [3.63, 3.8) is 0 Å². The quantitative estimate of drug-likeness (QED) is 0.578. The number of benzene rings is 2. The molecule has 0 spiro atoms. The van der Waals surface area contributed by atoms with Gasteiger partial charge in [-0.05, 0) is 42.8 Å². The Kier molecular flexibility index (Phi) is 6.50. The van der Waals surface area contributed by atoms with Crippen molar-refractivity contribution >= 4 is 23.4 Å². The number of carboxylic acids is 1. The molecule has 0 amide bonds. The zero-order chi connectivity index (χ0) is 19.9. The summed E-state index contributed by atoms with van der Waals surface area (Å²) >= 11 is 6.21. The van der Waals surface area contributed by atoms with E-state index in [4.69, 9.17) is 21.4 Å². The summed E-state index contributed by atoms with van der Waals surface area (Å²) in [4.78, 5) is 17.3. The molecule has 3 aromatic rings. The normalized spacial score (nSPS) is 10.5. The molecule has 0 bridgehead atoms. The maximum Gasteiger partial charge on any atom is 0.337 e. The summed E-state index contributed by atoms with van der Waals surface area (Å²) in [7, 11) is 0. The van der Waals surface area contributed by atoms with Crippen LogP contribution in [0.5, 0.6) is 5.75 Å². The number of aromatic carboxylic acids is 1. The molecule has 144 valence electrons. The van der Waals surface area contributed by atoms with Crippen LogP contribution in [0, 0.1) is 0 Å². The molecule has 0 aliphatic rings. The van der Waals surface area contributed by atoms with Crippen LogP contribution < -0.4 is 9.64 Å². The Hall–Kier alpha value is -3.05. The fourth-order valence-electron chi connectivity index (χ4n) is 2.81. The van der Waals surface area contributed by atoms with Gasteiger partial charge in [-0.3, -0.25) is 0 Å². The summed E-state index contributed by atoms with van der Waals surface area (Å²) in [5.74, 6) is 0.462. The Labute approximate surface area is 169 Å². The van der Waals surface area contributed by atoms with E-state index in [1.165, 1.54) is 6.20 Å². The van der Waals surface area contributed by atoms with Crippen molar-refractivity contribution in [3.05, 3.63) is 88.6 Å². The smallest absolute Gasteiger partial charge is 0.337 e. The van der Waals surface area contributed by atoms with Crippen LogP contribution in [0.25, 0.3) is 0 Å². The molecule has 1 N–H and O–H groups in total. The second-order valence-electron chi connectivity index (χ2n) is 6.25. The molecule has 2 aromatic carbocycles. The number of carbonyl (C=O) groups is 1. The van der Waals surface area contributed by atoms with Gasteiger partial charge >= 0.3 is 5.97 Å². The van der Waals surface area contributed by atoms with Crippen LogP contribution in [-0.2, 0) is 13.2 Å². The van der Waals surface area contributed by atoms with Crippen LogP contribution in [-0.4, -0.2) is 22.6 Å². The average Bonchev–Trinajstić information content (AvgIpc) is 2.72. The van der Waals surface area contributed by atoms with Gasteiger partial charge in [-0.15, -0.1) is 0 Å². The highest BCUT2D eigenvalue weighted by atomic mass is 35.5. The topological polar surface area (TPSA) is 62.7 Å². The molecule has 0 aliphatic carbocycles. The van der Waals surface area contributed by atoms with E-state index in [9.17, 15) is 4.79 Å². The number of anilines is 1. The minimum absolute atomic E-state index is 0.162. The van der Waals surface area contributed by atoms with Crippen molar-refractivity contribution < 1.29 is 14.6 Å². The first-order valence-corrected chi connectivity index (χ1v) is 9.34. The first-order chi connectivity index (χ1) is 13.6. The molecule has 0 aliphatic heterocycles. The van der Waals surface area contributed by atoms with Crippen molar-refractivity contribution in [3.8, 4) is 5.75 Å². The average molecular weight is 397 g/mol. The van der Waals surface area contributed by atoms with Gasteiger partial charge in [0.05, 0.1) is 5.56 Å². The molecule has 0 atom stereocenters. The van der Waals surface area contributed by atoms with Gasteiger partial charge in [-0.1, -0.05) is 41.9 Å². The molecule has 0 fully saturated rings. The zero-order valence-corrected chi connectivity index (χ0v) is 16.3. The lowest BCUT2D eigenvalue weighted by Gasteiger charge is -2.23. The third kappa shape index (κ3) is 5.02. The number of aromatic nitrogens is 1. The van der Waals surface area contributed by atoms with E-state index >= 15 is 0 Å². The molecule has 1 aromatic heterocycles. The van der Waals surface area contributed by atoms with Crippen molar-refractivity contribution in [1.82, 2.24) is 4.98 Å². The van der Waals surface area contributed by atoms with E-state index in [-0.39, 0.29) is 5.56 Å². The first kappa shape index (κ1) is 19.7. The predicted molar refractivity (Wildman–Crippen MR) is 110 cm³/mol. The Morgan fingerprint density at radius 1 is 1.14 bits per heavy atom. The third-order valence-corrected chi connectivity index (χ3v) is 4.56. The first-order valence-electron chi connectivity index (χ1n) is 8.96. The Morgan fingerprint density at radius 2 is 1.93 bits per heavy atom. The number of hydrogen-bond acceptors (Lipinski definition) is 4. The van der Waals surface area contributed by atoms with Gasteiger partial charge in [-0.2, -0.15) is 0 Å². The summed E-state index contributed by atoms with van der Waals surface area (Å²) in [5, 5.41) is 9.67. The van der Waals surface area contributed by atoms with Gasteiger partial charge in [0.25, 0.3) is 0 Å². The largest absolute Gasteiger partial charge is 0.489 e. The van der Waals surface area contributed by atoms with Crippen LogP contribution >= 0.6 is 11.6 Å². The number of ether oxygens (including phenoxy) is 1. The van der Waals surface area contributed by atoms with Crippen LogP contribution in [0.15, 0.2) is 66.9 Å². The second-order valence-corrected chi connectivity index (χ2v) is 6.69. The van der Waals surface area contributed by atoms with Gasteiger partial charge < -0.3 is 14.7 Å². The molecule has 5 nitrogen and oxygen atoms in total. The molecule has 0 radical (unpaired) electrons. The van der Waals surface area contributed by atoms with E-state index in [0.29, 0.717) is 30.5 Å². The van der Waals surface area contributed by atoms with Gasteiger partial charge in [0.2, 0.25) is 0 Å². The Morgan fingerprint density at radius 3 is 2.57 bits per heavy atom. The van der Waals surface area contributed by atoms with Gasteiger partial charge in [-0.25, -0.2) is 9.78 Å². The minimum atomic E-state index is -0.992. The maximum atomic E-state index is 11.0. The van der Waals surface area contributed by atoms with E-state index in [1.54, 1.807) is 12.1 Å². The number of halogens is 1. The molecule has 0 saturated heterocycles. The Balaban J connectivity index is 1.79. The highest BCUT2D eigenvalue weighted by Crippen LogP contribution is 2.27. The summed E-state index contributed by atoms with van der Waals surface area (Å²) in [6.45, 7) is 3.72. The number of rotatable bonds is 8. The number of hydrogen-bond donors (Lipinski definition) is 1. The molecule has 3 rings (SSSR count). The second kappa shape index (κ2) is 9.24. The van der Waals surface area contributed by atoms with E-state index in [1.807, 2.05) is 60.4 Å². The standard InChI is InChI=1S/C22H21ClN2O3/c1-2-25(21-11-8-17(13-24-21)22(26)27)14-18-12-19(23)9-10-20(18)28-15-16-6-4-3-5-7-16/h3-13H,2,14-15H2,1H3,(H,26,27). The number of carboxylic acid groups (broad SMARTS) is 1. The molecular formula is C22H21ClN2O3. The molecule has 0 saturated carbocycles. The summed E-state index contributed by atoms with van der Waals surface area (Å²) < 4.78 is 6.03. The van der Waals surface area contributed by atoms with Gasteiger partial charge in [0.1, 0.15) is 18.2 Å². The fourth-order valence-corrected chi connectivity index (χ4v) is 3.00. The summed E-state index contributed by atoms with van der Waals surface area (Å²) in [5.41, 5.74) is 2.19. The SMILES string of the molecule is CCN(Cc1cc(Cl)ccc1OCc1ccccc1)c1ccc(C(=O)O)cn1. The molecule has 28 heavy (non-hydrogen) atoms. The van der Waals surface area contributed by atoms with E-state index < -0.39 is 5.97 Å². The van der Waals surface area contributed by atoms with E-state index in [0.717, 1.165) is 16.9 Å². The summed E-state index contributed by atoms with van der Waals surface area (Å²) in [6.07, 6.45) is 1.37. The van der Waals surface area contributed by atoms with Crippen molar-refractivity contribution in [2.24, 2.45) is 0 Å². The fraction of sp³-hybridized carbons (Fsp3) is 0.182. The summed E-state index contributed by atoms with van der Waals surface area (Å²) in [6, 6.07) is 18.8. The van der Waals surface area contributed by atoms with Crippen molar-refractivity contribution in [2.45, 2.75) is 20.1 Å². The highest BCUT2D eigenvalue weighted by Gasteiger charge is 2.13. The Bertz CT molecular complexity index is 930. The monoisotopic (exact) mass is 396 g/mol. The van der Waals surface area contributed by atoms with Crippen molar-refractivity contribution in [2.75, 3.05) is 11.4 Å². The number of nitrogens with zero attached hydrogens (tertiary/aromatic N) is 2. The van der Waals surface area contributed by atoms with Crippen molar-refractivity contribution in [1.29, 1.82) is 0 Å². The number of pyridine rings is 1. The lowest BCUT2D eigenvalue weighted by atomic mass is 10.1. The maximum absolute atomic E-state index is 11.0. The van der Waals surface area contributed by atoms with Crippen LogP contribution in [0.2, 0.25) is 5.02 Å². The van der Waals surface area contributed by atoms with Crippen LogP contribution in [0.1, 0.15) is 28.4 Å². The molecule has 6 heteroatoms. The minimum Gasteiger partial charge on any atom is -0.489 e. The van der Waals surface area contributed by atoms with Crippen LogP contribution in [0.3, 0.4) is 0 Å². The van der Waals surface area contributed by atoms with Gasteiger partial charge in [0.15, 0.2) is 0 Å². The van der Waals surface area contributed by atoms with E-state index in [2.05, 4.69) is 4.98 Å². The predicted octanol–water partition coefficient (Wildman–Crippen LogP) is 5.04. The lowest BCUT2D eigenvalue weighted by molar-refractivity contribution is 0.0696. The lowest BCUT2D eigenvalue weighted by Crippen LogP contribution is -2.23. The molecule has 0 unspecified atom stereocenters.